The lowest BCUT2D eigenvalue weighted by Gasteiger charge is -2.29. The highest BCUT2D eigenvalue weighted by Gasteiger charge is 2.37. The SMILES string of the molecule is CC(C)OC(C)COC(=O)C(C)(C)COC(C)(P)C(=O)OCC(C)OC(C)C. The smallest absolute Gasteiger partial charge is 0.342 e. The fraction of sp³-hybridized carbons (Fsp3) is 0.900. The standard InChI is InChI=1S/C20H39O7P/c1-13(2)26-15(5)10-23-17(21)19(7,8)12-25-20(9,28)18(22)24-11-16(6)27-14(3)4/h13-16H,10-12,28H2,1-9H3. The molecule has 0 saturated carbocycles. The highest BCUT2D eigenvalue weighted by atomic mass is 31.0. The maximum atomic E-state index is 12.4. The molecule has 0 aromatic rings. The van der Waals surface area contributed by atoms with Gasteiger partial charge in [-0.3, -0.25) is 4.79 Å². The Morgan fingerprint density at radius 3 is 1.57 bits per heavy atom. The minimum atomic E-state index is -1.27. The van der Waals surface area contributed by atoms with Crippen molar-refractivity contribution in [3.05, 3.63) is 0 Å². The zero-order valence-electron chi connectivity index (χ0n) is 18.9. The van der Waals surface area contributed by atoms with Gasteiger partial charge in [0.05, 0.1) is 36.4 Å². The molecule has 0 aromatic heterocycles. The van der Waals surface area contributed by atoms with Crippen LogP contribution in [-0.4, -0.2) is 61.5 Å². The van der Waals surface area contributed by atoms with E-state index in [1.54, 1.807) is 20.8 Å². The molecule has 0 aliphatic rings. The highest BCUT2D eigenvalue weighted by molar-refractivity contribution is 7.20. The number of hydrogen-bond donors (Lipinski definition) is 0. The molecule has 0 radical (unpaired) electrons. The molecule has 0 aliphatic heterocycles. The molecule has 0 saturated heterocycles. The fourth-order valence-corrected chi connectivity index (χ4v) is 2.35. The van der Waals surface area contributed by atoms with Crippen LogP contribution in [0.4, 0.5) is 0 Å². The fourth-order valence-electron chi connectivity index (χ4n) is 2.18. The molecule has 8 heteroatoms. The lowest BCUT2D eigenvalue weighted by Crippen LogP contribution is -2.41. The third-order valence-corrected chi connectivity index (χ3v) is 4.00. The predicted octanol–water partition coefficient (Wildman–Crippen LogP) is 3.33. The summed E-state index contributed by atoms with van der Waals surface area (Å²) in [5.41, 5.74) is -0.927. The Hall–Kier alpha value is -0.750. The third kappa shape index (κ3) is 11.3. The molecular formula is C20H39O7P. The molecule has 0 N–H and O–H groups in total. The third-order valence-electron chi connectivity index (χ3n) is 3.60. The largest absolute Gasteiger partial charge is 0.462 e. The van der Waals surface area contributed by atoms with Crippen LogP contribution < -0.4 is 0 Å². The Morgan fingerprint density at radius 2 is 1.18 bits per heavy atom. The van der Waals surface area contributed by atoms with Gasteiger partial charge in [-0.2, -0.15) is 0 Å². The van der Waals surface area contributed by atoms with Gasteiger partial charge in [0.15, 0.2) is 5.34 Å². The molecule has 0 fully saturated rings. The molecule has 0 heterocycles. The van der Waals surface area contributed by atoms with Crippen molar-refractivity contribution in [3.8, 4) is 0 Å². The van der Waals surface area contributed by atoms with Crippen molar-refractivity contribution >= 4 is 21.2 Å². The van der Waals surface area contributed by atoms with E-state index in [0.717, 1.165) is 0 Å². The maximum Gasteiger partial charge on any atom is 0.342 e. The lowest BCUT2D eigenvalue weighted by atomic mass is 9.95. The summed E-state index contributed by atoms with van der Waals surface area (Å²) in [5, 5.41) is -1.27. The van der Waals surface area contributed by atoms with E-state index in [1.807, 2.05) is 41.5 Å². The number of hydrogen-bond acceptors (Lipinski definition) is 7. The van der Waals surface area contributed by atoms with E-state index in [2.05, 4.69) is 9.24 Å². The van der Waals surface area contributed by atoms with Crippen LogP contribution in [0.25, 0.3) is 0 Å². The molecule has 7 nitrogen and oxygen atoms in total. The van der Waals surface area contributed by atoms with E-state index in [4.69, 9.17) is 23.7 Å². The summed E-state index contributed by atoms with van der Waals surface area (Å²) in [6.07, 6.45) is -0.306. The van der Waals surface area contributed by atoms with Crippen LogP contribution in [0.15, 0.2) is 0 Å². The van der Waals surface area contributed by atoms with Crippen LogP contribution in [0.5, 0.6) is 0 Å². The zero-order valence-corrected chi connectivity index (χ0v) is 20.0. The molecule has 166 valence electrons. The van der Waals surface area contributed by atoms with Crippen LogP contribution in [0, 0.1) is 5.41 Å². The number of ether oxygens (including phenoxy) is 5. The predicted molar refractivity (Wildman–Crippen MR) is 111 cm³/mol. The first-order chi connectivity index (χ1) is 12.7. The van der Waals surface area contributed by atoms with Gasteiger partial charge in [0.25, 0.3) is 0 Å². The van der Waals surface area contributed by atoms with Gasteiger partial charge >= 0.3 is 11.9 Å². The average molecular weight is 422 g/mol. The Bertz CT molecular complexity index is 445. The van der Waals surface area contributed by atoms with E-state index < -0.39 is 22.7 Å². The van der Waals surface area contributed by atoms with Gasteiger partial charge in [0.1, 0.15) is 13.2 Å². The molecular weight excluding hydrogens is 383 g/mol. The van der Waals surface area contributed by atoms with Gasteiger partial charge in [-0.25, -0.2) is 4.79 Å². The first-order valence-electron chi connectivity index (χ1n) is 9.75. The van der Waals surface area contributed by atoms with Crippen molar-refractivity contribution in [2.24, 2.45) is 5.41 Å². The number of rotatable bonds is 13. The summed E-state index contributed by atoms with van der Waals surface area (Å²) < 4.78 is 27.4. The number of esters is 2. The zero-order chi connectivity index (χ0) is 22.1. The Morgan fingerprint density at radius 1 is 0.786 bits per heavy atom. The molecule has 0 rings (SSSR count). The van der Waals surface area contributed by atoms with Crippen LogP contribution in [-0.2, 0) is 33.3 Å². The lowest BCUT2D eigenvalue weighted by molar-refractivity contribution is -0.173. The Balaban J connectivity index is 4.51. The quantitative estimate of drug-likeness (QED) is 0.333. The van der Waals surface area contributed by atoms with Gasteiger partial charge in [-0.05, 0) is 62.3 Å². The second kappa shape index (κ2) is 12.1. The van der Waals surface area contributed by atoms with Crippen LogP contribution in [0.1, 0.15) is 62.3 Å². The normalized spacial score (nSPS) is 16.6. The molecule has 28 heavy (non-hydrogen) atoms. The van der Waals surface area contributed by atoms with Crippen molar-refractivity contribution in [1.29, 1.82) is 0 Å². The van der Waals surface area contributed by atoms with Gasteiger partial charge in [0.2, 0.25) is 0 Å². The monoisotopic (exact) mass is 422 g/mol. The second-order valence-electron chi connectivity index (χ2n) is 8.47. The summed E-state index contributed by atoms with van der Waals surface area (Å²) in [6, 6.07) is 0. The maximum absolute atomic E-state index is 12.4. The summed E-state index contributed by atoms with van der Waals surface area (Å²) in [5.74, 6) is -0.959. The topological polar surface area (TPSA) is 80.3 Å². The van der Waals surface area contributed by atoms with E-state index in [0.29, 0.717) is 0 Å². The molecule has 0 amide bonds. The van der Waals surface area contributed by atoms with Gasteiger partial charge in [0, 0.05) is 0 Å². The average Bonchev–Trinajstić information content (AvgIpc) is 2.54. The van der Waals surface area contributed by atoms with Gasteiger partial charge in [-0.1, -0.05) is 9.24 Å². The van der Waals surface area contributed by atoms with Crippen LogP contribution in [0.3, 0.4) is 0 Å². The highest BCUT2D eigenvalue weighted by Crippen LogP contribution is 2.27. The summed E-state index contributed by atoms with van der Waals surface area (Å²) in [6.45, 7) is 16.6. The van der Waals surface area contributed by atoms with Gasteiger partial charge < -0.3 is 23.7 Å². The van der Waals surface area contributed by atoms with E-state index >= 15 is 0 Å². The number of carbonyl (C=O) groups is 2. The summed E-state index contributed by atoms with van der Waals surface area (Å²) in [7, 11) is 2.33. The Kier molecular flexibility index (Phi) is 11.7. The van der Waals surface area contributed by atoms with E-state index in [-0.39, 0.29) is 44.2 Å². The molecule has 4 atom stereocenters. The summed E-state index contributed by atoms with van der Waals surface area (Å²) >= 11 is 0. The summed E-state index contributed by atoms with van der Waals surface area (Å²) in [4.78, 5) is 24.7. The Labute approximate surface area is 172 Å². The van der Waals surface area contributed by atoms with Crippen molar-refractivity contribution in [3.63, 3.8) is 0 Å². The molecule has 0 spiro atoms. The minimum Gasteiger partial charge on any atom is -0.462 e. The molecule has 4 unspecified atom stereocenters. The van der Waals surface area contributed by atoms with Crippen LogP contribution in [0.2, 0.25) is 0 Å². The van der Waals surface area contributed by atoms with Crippen LogP contribution >= 0.6 is 9.24 Å². The first-order valence-corrected chi connectivity index (χ1v) is 10.3. The van der Waals surface area contributed by atoms with Crippen molar-refractivity contribution in [2.45, 2.75) is 92.1 Å². The van der Waals surface area contributed by atoms with Crippen molar-refractivity contribution < 1.29 is 33.3 Å². The van der Waals surface area contributed by atoms with E-state index in [1.165, 1.54) is 0 Å². The van der Waals surface area contributed by atoms with Crippen molar-refractivity contribution in [2.75, 3.05) is 19.8 Å². The number of carbonyl (C=O) groups excluding carboxylic acids is 2. The van der Waals surface area contributed by atoms with Gasteiger partial charge in [-0.15, -0.1) is 0 Å². The second-order valence-corrected chi connectivity index (χ2v) is 9.57. The first kappa shape index (κ1) is 27.2. The minimum absolute atomic E-state index is 0.00159. The molecule has 0 bridgehead atoms. The van der Waals surface area contributed by atoms with Crippen molar-refractivity contribution in [1.82, 2.24) is 0 Å². The molecule has 0 aromatic carbocycles. The molecule has 0 aliphatic carbocycles. The van der Waals surface area contributed by atoms with E-state index in [9.17, 15) is 9.59 Å².